The van der Waals surface area contributed by atoms with Crippen LogP contribution in [0, 0.1) is 0 Å². The quantitative estimate of drug-likeness (QED) is 0.234. The zero-order valence-corrected chi connectivity index (χ0v) is 25.6. The summed E-state index contributed by atoms with van der Waals surface area (Å²) in [7, 11) is 1.58. The van der Waals surface area contributed by atoms with Crippen LogP contribution < -0.4 is 29.1 Å². The second kappa shape index (κ2) is 13.1. The van der Waals surface area contributed by atoms with Crippen LogP contribution >= 0.6 is 11.3 Å². The molecule has 1 aromatic heterocycles. The molecule has 1 aliphatic rings. The maximum Gasteiger partial charge on any atom is 0.338 e. The summed E-state index contributed by atoms with van der Waals surface area (Å²) < 4.78 is 25.2. The summed E-state index contributed by atoms with van der Waals surface area (Å²) in [6, 6.07) is 22.1. The lowest BCUT2D eigenvalue weighted by Gasteiger charge is -2.26. The fourth-order valence-corrected chi connectivity index (χ4v) is 5.98. The molecule has 5 rings (SSSR count). The second-order valence-electron chi connectivity index (χ2n) is 10.2. The van der Waals surface area contributed by atoms with E-state index in [9.17, 15) is 9.59 Å². The van der Waals surface area contributed by atoms with E-state index in [1.54, 1.807) is 31.6 Å². The number of methoxy groups -OCH3 is 1. The Hall–Kier alpha value is -4.63. The minimum absolute atomic E-state index is 0.109. The Morgan fingerprint density at radius 1 is 1.02 bits per heavy atom. The molecule has 0 saturated carbocycles. The van der Waals surface area contributed by atoms with Gasteiger partial charge in [-0.3, -0.25) is 9.36 Å². The number of carbonyl (C=O) groups excluding carboxylic acids is 1. The van der Waals surface area contributed by atoms with Crippen molar-refractivity contribution in [3.05, 3.63) is 120 Å². The largest absolute Gasteiger partial charge is 0.493 e. The molecule has 4 aromatic rings. The number of nitrogens with zero attached hydrogens (tertiary/aromatic N) is 2. The van der Waals surface area contributed by atoms with E-state index in [1.165, 1.54) is 11.3 Å². The molecule has 0 bridgehead atoms. The number of fused-ring (bicyclic) bond motifs is 1. The van der Waals surface area contributed by atoms with Crippen LogP contribution in [0.25, 0.3) is 6.08 Å². The average molecular weight is 599 g/mol. The Balaban J connectivity index is 1.59. The number of allylic oxidation sites excluding steroid dienone is 1. The number of ether oxygens (including phenoxy) is 4. The molecule has 2 heterocycles. The molecule has 1 atom stereocenters. The minimum Gasteiger partial charge on any atom is -0.493 e. The Morgan fingerprint density at radius 3 is 2.49 bits per heavy atom. The SMILES string of the molecule is CCOC(=O)C1=C(C)N=c2s/c(=C/c3ccc(OCc4ccccc4)c(OC)c3)c(=O)n2[C@@H]1c1ccccc1OC(C)C. The molecule has 0 aliphatic carbocycles. The van der Waals surface area contributed by atoms with Gasteiger partial charge in [0.25, 0.3) is 5.56 Å². The number of hydrogen-bond acceptors (Lipinski definition) is 8. The highest BCUT2D eigenvalue weighted by Crippen LogP contribution is 2.36. The number of esters is 1. The maximum atomic E-state index is 14.1. The summed E-state index contributed by atoms with van der Waals surface area (Å²) in [5.74, 6) is 1.22. The van der Waals surface area contributed by atoms with Crippen molar-refractivity contribution < 1.29 is 23.7 Å². The van der Waals surface area contributed by atoms with Gasteiger partial charge in [0.1, 0.15) is 18.4 Å². The van der Waals surface area contributed by atoms with Crippen molar-refractivity contribution >= 4 is 23.4 Å². The Labute approximate surface area is 254 Å². The lowest BCUT2D eigenvalue weighted by atomic mass is 9.95. The van der Waals surface area contributed by atoms with Gasteiger partial charge in [0, 0.05) is 5.56 Å². The van der Waals surface area contributed by atoms with Crippen molar-refractivity contribution in [2.75, 3.05) is 13.7 Å². The van der Waals surface area contributed by atoms with E-state index in [0.29, 0.717) is 50.0 Å². The van der Waals surface area contributed by atoms with Crippen LogP contribution in [-0.2, 0) is 16.1 Å². The van der Waals surface area contributed by atoms with Crippen molar-refractivity contribution in [1.29, 1.82) is 0 Å². The molecule has 0 N–H and O–H groups in total. The zero-order valence-electron chi connectivity index (χ0n) is 24.8. The molecule has 0 fully saturated rings. The summed E-state index contributed by atoms with van der Waals surface area (Å²) in [4.78, 5) is 32.5. The number of benzene rings is 3. The van der Waals surface area contributed by atoms with Gasteiger partial charge >= 0.3 is 5.97 Å². The molecule has 3 aromatic carbocycles. The average Bonchev–Trinajstić information content (AvgIpc) is 3.30. The second-order valence-corrected chi connectivity index (χ2v) is 11.2. The predicted molar refractivity (Wildman–Crippen MR) is 166 cm³/mol. The molecule has 43 heavy (non-hydrogen) atoms. The minimum atomic E-state index is -0.768. The number of para-hydroxylation sites is 1. The van der Waals surface area contributed by atoms with Crippen molar-refractivity contribution in [3.8, 4) is 17.2 Å². The number of carbonyl (C=O) groups is 1. The first kappa shape index (κ1) is 29.8. The summed E-state index contributed by atoms with van der Waals surface area (Å²) in [6.07, 6.45) is 1.69. The number of rotatable bonds is 10. The molecule has 0 amide bonds. The molecular weight excluding hydrogens is 564 g/mol. The highest BCUT2D eigenvalue weighted by Gasteiger charge is 2.35. The van der Waals surface area contributed by atoms with Crippen LogP contribution in [0.4, 0.5) is 0 Å². The van der Waals surface area contributed by atoms with E-state index in [-0.39, 0.29) is 18.3 Å². The third-order valence-corrected chi connectivity index (χ3v) is 7.80. The van der Waals surface area contributed by atoms with Gasteiger partial charge in [-0.05, 0) is 63.1 Å². The first-order valence-corrected chi connectivity index (χ1v) is 14.9. The topological polar surface area (TPSA) is 88.4 Å². The van der Waals surface area contributed by atoms with Gasteiger partial charge in [-0.2, -0.15) is 0 Å². The van der Waals surface area contributed by atoms with Crippen LogP contribution in [0.5, 0.6) is 17.2 Å². The zero-order chi connectivity index (χ0) is 30.5. The summed E-state index contributed by atoms with van der Waals surface area (Å²) in [6.45, 7) is 7.98. The first-order chi connectivity index (χ1) is 20.8. The Morgan fingerprint density at radius 2 is 1.77 bits per heavy atom. The molecule has 8 nitrogen and oxygen atoms in total. The lowest BCUT2D eigenvalue weighted by Crippen LogP contribution is -2.40. The fraction of sp³-hybridized carbons (Fsp3) is 0.265. The maximum absolute atomic E-state index is 14.1. The van der Waals surface area contributed by atoms with E-state index < -0.39 is 12.0 Å². The van der Waals surface area contributed by atoms with Gasteiger partial charge in [-0.1, -0.05) is 65.9 Å². The molecule has 0 saturated heterocycles. The Bertz CT molecular complexity index is 1840. The van der Waals surface area contributed by atoms with Crippen molar-refractivity contribution in [1.82, 2.24) is 4.57 Å². The third kappa shape index (κ3) is 6.41. The van der Waals surface area contributed by atoms with E-state index in [1.807, 2.05) is 86.6 Å². The summed E-state index contributed by atoms with van der Waals surface area (Å²) in [5, 5.41) is 0. The monoisotopic (exact) mass is 598 g/mol. The number of aromatic nitrogens is 1. The number of hydrogen-bond donors (Lipinski definition) is 0. The van der Waals surface area contributed by atoms with Gasteiger partial charge in [0.15, 0.2) is 16.3 Å². The smallest absolute Gasteiger partial charge is 0.338 e. The van der Waals surface area contributed by atoms with Crippen LogP contribution in [0.2, 0.25) is 0 Å². The number of thiazole rings is 1. The molecule has 0 unspecified atom stereocenters. The van der Waals surface area contributed by atoms with Gasteiger partial charge < -0.3 is 18.9 Å². The normalized spacial score (nSPS) is 14.7. The highest BCUT2D eigenvalue weighted by atomic mass is 32.1. The van der Waals surface area contributed by atoms with Gasteiger partial charge in [-0.25, -0.2) is 9.79 Å². The Kier molecular flexibility index (Phi) is 9.11. The van der Waals surface area contributed by atoms with Crippen molar-refractivity contribution in [3.63, 3.8) is 0 Å². The van der Waals surface area contributed by atoms with Crippen LogP contribution in [-0.4, -0.2) is 30.4 Å². The third-order valence-electron chi connectivity index (χ3n) is 6.82. The summed E-state index contributed by atoms with van der Waals surface area (Å²) >= 11 is 1.26. The van der Waals surface area contributed by atoms with E-state index in [0.717, 1.165) is 11.1 Å². The summed E-state index contributed by atoms with van der Waals surface area (Å²) in [5.41, 5.74) is 3.02. The molecule has 9 heteroatoms. The first-order valence-electron chi connectivity index (χ1n) is 14.1. The van der Waals surface area contributed by atoms with Gasteiger partial charge in [-0.15, -0.1) is 0 Å². The van der Waals surface area contributed by atoms with Gasteiger partial charge in [0.05, 0.1) is 35.6 Å². The standard InChI is InChI=1S/C34H34N2O6S/c1-6-40-33(38)30-22(4)35-34-36(31(30)25-14-10-11-15-26(25)42-21(2)3)32(37)29(43-34)19-24-16-17-27(28(18-24)39-5)41-20-23-12-8-7-9-13-23/h7-19,21,31H,6,20H2,1-5H3/b29-19+/t31-/m1/s1. The van der Waals surface area contributed by atoms with E-state index in [4.69, 9.17) is 18.9 Å². The van der Waals surface area contributed by atoms with E-state index in [2.05, 4.69) is 4.99 Å². The van der Waals surface area contributed by atoms with Crippen molar-refractivity contribution in [2.24, 2.45) is 4.99 Å². The van der Waals surface area contributed by atoms with Crippen LogP contribution in [0.15, 0.2) is 93.9 Å². The van der Waals surface area contributed by atoms with Crippen LogP contribution in [0.1, 0.15) is 50.4 Å². The highest BCUT2D eigenvalue weighted by molar-refractivity contribution is 7.07. The molecule has 1 aliphatic heterocycles. The fourth-order valence-electron chi connectivity index (χ4n) is 4.93. The predicted octanol–water partition coefficient (Wildman–Crippen LogP) is 5.17. The molecular formula is C34H34N2O6S. The lowest BCUT2D eigenvalue weighted by molar-refractivity contribution is -0.139. The molecule has 0 radical (unpaired) electrons. The van der Waals surface area contributed by atoms with Crippen molar-refractivity contribution in [2.45, 2.75) is 46.4 Å². The van der Waals surface area contributed by atoms with Gasteiger partial charge in [0.2, 0.25) is 0 Å². The molecule has 222 valence electrons. The van der Waals surface area contributed by atoms with E-state index >= 15 is 0 Å². The van der Waals surface area contributed by atoms with Crippen LogP contribution in [0.3, 0.4) is 0 Å². The molecule has 0 spiro atoms.